The molecule has 0 spiro atoms. The minimum absolute atomic E-state index is 0.654. The second kappa shape index (κ2) is 8.23. The summed E-state index contributed by atoms with van der Waals surface area (Å²) in [6, 6.07) is 18.0. The van der Waals surface area contributed by atoms with E-state index in [0.29, 0.717) is 13.2 Å². The van der Waals surface area contributed by atoms with Crippen LogP contribution < -0.4 is 14.8 Å². The van der Waals surface area contributed by atoms with Crippen LogP contribution >= 0.6 is 0 Å². The number of rotatable bonds is 8. The average Bonchev–Trinajstić information content (AvgIpc) is 2.50. The van der Waals surface area contributed by atoms with E-state index in [0.717, 1.165) is 24.6 Å². The van der Waals surface area contributed by atoms with Crippen molar-refractivity contribution in [3.63, 3.8) is 0 Å². The molecular formula is C17H21NO2. The predicted octanol–water partition coefficient (Wildman–Crippen LogP) is 3.25. The van der Waals surface area contributed by atoms with Crippen molar-refractivity contribution in [2.24, 2.45) is 0 Å². The lowest BCUT2D eigenvalue weighted by atomic mass is 10.2. The quantitative estimate of drug-likeness (QED) is 0.748. The molecule has 0 fully saturated rings. The largest absolute Gasteiger partial charge is 0.494 e. The Morgan fingerprint density at radius 3 is 2.45 bits per heavy atom. The van der Waals surface area contributed by atoms with E-state index in [2.05, 4.69) is 11.4 Å². The molecule has 0 saturated heterocycles. The van der Waals surface area contributed by atoms with Crippen molar-refractivity contribution in [1.29, 1.82) is 0 Å². The molecule has 0 aromatic heterocycles. The fraction of sp³-hybridized carbons (Fsp3) is 0.294. The van der Waals surface area contributed by atoms with Crippen LogP contribution in [-0.2, 0) is 6.54 Å². The molecule has 0 heterocycles. The first-order chi connectivity index (χ1) is 9.90. The zero-order chi connectivity index (χ0) is 14.0. The van der Waals surface area contributed by atoms with Gasteiger partial charge in [-0.2, -0.15) is 0 Å². The first-order valence-corrected chi connectivity index (χ1v) is 6.99. The highest BCUT2D eigenvalue weighted by atomic mass is 16.5. The summed E-state index contributed by atoms with van der Waals surface area (Å²) < 4.78 is 11.2. The van der Waals surface area contributed by atoms with E-state index < -0.39 is 0 Å². The standard InChI is InChI=1S/C17H21NO2/c1-2-19-17-11-7-6-8-15(17)14-18-12-13-20-16-9-4-3-5-10-16/h3-11,18H,2,12-14H2,1H3. The Balaban J connectivity index is 1.71. The van der Waals surface area contributed by atoms with Gasteiger partial charge in [0.05, 0.1) is 6.61 Å². The Kier molecular flexibility index (Phi) is 5.93. The van der Waals surface area contributed by atoms with Crippen LogP contribution in [0.4, 0.5) is 0 Å². The van der Waals surface area contributed by atoms with Crippen molar-refractivity contribution in [1.82, 2.24) is 5.32 Å². The van der Waals surface area contributed by atoms with Crippen LogP contribution in [0.15, 0.2) is 54.6 Å². The molecule has 0 amide bonds. The molecule has 0 radical (unpaired) electrons. The Bertz CT molecular complexity index is 499. The maximum atomic E-state index is 5.63. The predicted molar refractivity (Wildman–Crippen MR) is 81.3 cm³/mol. The summed E-state index contributed by atoms with van der Waals surface area (Å²) in [4.78, 5) is 0. The summed E-state index contributed by atoms with van der Waals surface area (Å²) in [5, 5.41) is 3.37. The number of nitrogens with one attached hydrogen (secondary N) is 1. The van der Waals surface area contributed by atoms with Crippen LogP contribution in [0, 0.1) is 0 Å². The van der Waals surface area contributed by atoms with E-state index in [1.54, 1.807) is 0 Å². The molecular weight excluding hydrogens is 250 g/mol. The first-order valence-electron chi connectivity index (χ1n) is 6.99. The molecule has 0 aliphatic carbocycles. The molecule has 3 heteroatoms. The van der Waals surface area contributed by atoms with Crippen LogP contribution in [0.3, 0.4) is 0 Å². The van der Waals surface area contributed by atoms with Gasteiger partial charge in [0.15, 0.2) is 0 Å². The van der Waals surface area contributed by atoms with E-state index in [4.69, 9.17) is 9.47 Å². The van der Waals surface area contributed by atoms with Crippen molar-refractivity contribution >= 4 is 0 Å². The van der Waals surface area contributed by atoms with E-state index >= 15 is 0 Å². The smallest absolute Gasteiger partial charge is 0.123 e. The van der Waals surface area contributed by atoms with Crippen molar-refractivity contribution < 1.29 is 9.47 Å². The molecule has 0 aliphatic heterocycles. The lowest BCUT2D eigenvalue weighted by Gasteiger charge is -2.11. The maximum absolute atomic E-state index is 5.63. The fourth-order valence-electron chi connectivity index (χ4n) is 1.93. The zero-order valence-electron chi connectivity index (χ0n) is 11.8. The molecule has 0 unspecified atom stereocenters. The molecule has 0 aliphatic rings. The highest BCUT2D eigenvalue weighted by Crippen LogP contribution is 2.17. The highest BCUT2D eigenvalue weighted by Gasteiger charge is 2.01. The Morgan fingerprint density at radius 2 is 1.65 bits per heavy atom. The van der Waals surface area contributed by atoms with Gasteiger partial charge in [-0.3, -0.25) is 0 Å². The summed E-state index contributed by atoms with van der Waals surface area (Å²) in [6.45, 7) is 4.93. The normalized spacial score (nSPS) is 10.2. The van der Waals surface area contributed by atoms with Gasteiger partial charge < -0.3 is 14.8 Å². The minimum Gasteiger partial charge on any atom is -0.494 e. The average molecular weight is 271 g/mol. The Labute approximate surface area is 120 Å². The first kappa shape index (κ1) is 14.4. The van der Waals surface area contributed by atoms with Crippen molar-refractivity contribution in [2.75, 3.05) is 19.8 Å². The van der Waals surface area contributed by atoms with Crippen molar-refractivity contribution in [2.45, 2.75) is 13.5 Å². The van der Waals surface area contributed by atoms with Crippen LogP contribution in [-0.4, -0.2) is 19.8 Å². The lowest BCUT2D eigenvalue weighted by Crippen LogP contribution is -2.21. The third kappa shape index (κ3) is 4.59. The summed E-state index contributed by atoms with van der Waals surface area (Å²) in [7, 11) is 0. The van der Waals surface area contributed by atoms with Gasteiger partial charge in [-0.05, 0) is 25.1 Å². The minimum atomic E-state index is 0.654. The SMILES string of the molecule is CCOc1ccccc1CNCCOc1ccccc1. The lowest BCUT2D eigenvalue weighted by molar-refractivity contribution is 0.311. The molecule has 1 N–H and O–H groups in total. The highest BCUT2D eigenvalue weighted by molar-refractivity contribution is 5.33. The molecule has 2 aromatic carbocycles. The van der Waals surface area contributed by atoms with Crippen molar-refractivity contribution in [3.05, 3.63) is 60.2 Å². The summed E-state index contributed by atoms with van der Waals surface area (Å²) >= 11 is 0. The summed E-state index contributed by atoms with van der Waals surface area (Å²) in [5.74, 6) is 1.86. The van der Waals surface area contributed by atoms with E-state index in [1.807, 2.05) is 55.5 Å². The number of ether oxygens (including phenoxy) is 2. The van der Waals surface area contributed by atoms with E-state index in [1.165, 1.54) is 5.56 Å². The number of hydrogen-bond donors (Lipinski definition) is 1. The topological polar surface area (TPSA) is 30.5 Å². The van der Waals surface area contributed by atoms with E-state index in [9.17, 15) is 0 Å². The molecule has 106 valence electrons. The van der Waals surface area contributed by atoms with Crippen molar-refractivity contribution in [3.8, 4) is 11.5 Å². The zero-order valence-corrected chi connectivity index (χ0v) is 11.8. The second-order valence-electron chi connectivity index (χ2n) is 4.38. The van der Waals surface area contributed by atoms with Gasteiger partial charge in [-0.1, -0.05) is 36.4 Å². The van der Waals surface area contributed by atoms with Crippen LogP contribution in [0.25, 0.3) is 0 Å². The molecule has 0 atom stereocenters. The second-order valence-corrected chi connectivity index (χ2v) is 4.38. The van der Waals surface area contributed by atoms with Gasteiger partial charge in [0.2, 0.25) is 0 Å². The third-order valence-corrected chi connectivity index (χ3v) is 2.88. The van der Waals surface area contributed by atoms with Gasteiger partial charge in [0.25, 0.3) is 0 Å². The summed E-state index contributed by atoms with van der Waals surface area (Å²) in [5.41, 5.74) is 1.18. The Hall–Kier alpha value is -2.00. The third-order valence-electron chi connectivity index (χ3n) is 2.88. The molecule has 0 bridgehead atoms. The number of para-hydroxylation sites is 2. The van der Waals surface area contributed by atoms with E-state index in [-0.39, 0.29) is 0 Å². The van der Waals surface area contributed by atoms with Gasteiger partial charge in [0, 0.05) is 18.7 Å². The van der Waals surface area contributed by atoms with Crippen LogP contribution in [0.2, 0.25) is 0 Å². The molecule has 3 nitrogen and oxygen atoms in total. The monoisotopic (exact) mass is 271 g/mol. The van der Waals surface area contributed by atoms with Gasteiger partial charge >= 0.3 is 0 Å². The molecule has 20 heavy (non-hydrogen) atoms. The van der Waals surface area contributed by atoms with Gasteiger partial charge in [0.1, 0.15) is 18.1 Å². The molecule has 2 aromatic rings. The molecule has 2 rings (SSSR count). The van der Waals surface area contributed by atoms with Gasteiger partial charge in [-0.15, -0.1) is 0 Å². The van der Waals surface area contributed by atoms with Gasteiger partial charge in [-0.25, -0.2) is 0 Å². The number of benzene rings is 2. The maximum Gasteiger partial charge on any atom is 0.123 e. The van der Waals surface area contributed by atoms with Crippen LogP contribution in [0.5, 0.6) is 11.5 Å². The summed E-state index contributed by atoms with van der Waals surface area (Å²) in [6.07, 6.45) is 0. The van der Waals surface area contributed by atoms with Crippen LogP contribution in [0.1, 0.15) is 12.5 Å². The Morgan fingerprint density at radius 1 is 0.900 bits per heavy atom. The fourth-order valence-corrected chi connectivity index (χ4v) is 1.93. The molecule has 0 saturated carbocycles. The number of hydrogen-bond acceptors (Lipinski definition) is 3.